The summed E-state index contributed by atoms with van der Waals surface area (Å²) in [5.74, 6) is 2.39. The number of aryl methyl sites for hydroxylation is 1. The van der Waals surface area contributed by atoms with E-state index in [-0.39, 0.29) is 5.88 Å². The van der Waals surface area contributed by atoms with Gasteiger partial charge in [-0.3, -0.25) is 0 Å². The smallest absolute Gasteiger partial charge is 0.226 e. The maximum Gasteiger partial charge on any atom is 0.226 e. The van der Waals surface area contributed by atoms with E-state index < -0.39 is 0 Å². The van der Waals surface area contributed by atoms with Crippen molar-refractivity contribution in [2.75, 3.05) is 0 Å². The van der Waals surface area contributed by atoms with Gasteiger partial charge in [0.2, 0.25) is 5.88 Å². The number of hydrogen-bond acceptors (Lipinski definition) is 3. The van der Waals surface area contributed by atoms with Crippen LogP contribution in [0.1, 0.15) is 9.88 Å². The van der Waals surface area contributed by atoms with E-state index >= 15 is 0 Å². The molecule has 0 bridgehead atoms. The van der Waals surface area contributed by atoms with E-state index in [2.05, 4.69) is 10.9 Å². The Bertz CT molecular complexity index is 239. The van der Waals surface area contributed by atoms with Crippen LogP contribution in [0.3, 0.4) is 0 Å². The molecule has 0 unspecified atom stereocenters. The molecule has 46 valence electrons. The van der Waals surface area contributed by atoms with Gasteiger partial charge in [-0.25, -0.2) is 0 Å². The van der Waals surface area contributed by atoms with Crippen molar-refractivity contribution in [3.05, 3.63) is 9.88 Å². The highest BCUT2D eigenvalue weighted by molar-refractivity contribution is 7.12. The standard InChI is InChI=1S/C6H5NOS/c1-3-5-7-6(8)4(2)9-5/h1,8H,2H3. The van der Waals surface area contributed by atoms with Crippen LogP contribution in [0.5, 0.6) is 5.88 Å². The molecule has 0 saturated heterocycles. The molecule has 0 atom stereocenters. The van der Waals surface area contributed by atoms with Gasteiger partial charge in [0.1, 0.15) is 0 Å². The number of terminal acetylenes is 1. The minimum absolute atomic E-state index is 0.0490. The topological polar surface area (TPSA) is 33.1 Å². The van der Waals surface area contributed by atoms with Gasteiger partial charge in [0.05, 0.1) is 4.88 Å². The fourth-order valence-electron chi connectivity index (χ4n) is 0.450. The van der Waals surface area contributed by atoms with E-state index in [1.807, 2.05) is 0 Å². The van der Waals surface area contributed by atoms with Gasteiger partial charge >= 0.3 is 0 Å². The summed E-state index contributed by atoms with van der Waals surface area (Å²) in [5, 5.41) is 9.41. The van der Waals surface area contributed by atoms with E-state index in [9.17, 15) is 0 Å². The van der Waals surface area contributed by atoms with Gasteiger partial charge in [-0.15, -0.1) is 17.8 Å². The SMILES string of the molecule is C#Cc1nc(O)c(C)s1. The van der Waals surface area contributed by atoms with E-state index in [0.717, 1.165) is 4.88 Å². The quantitative estimate of drug-likeness (QED) is 0.547. The molecule has 0 aliphatic carbocycles. The molecule has 1 aromatic heterocycles. The van der Waals surface area contributed by atoms with Crippen LogP contribution in [0.15, 0.2) is 0 Å². The number of aromatic hydroxyl groups is 1. The Morgan fingerprint density at radius 1 is 1.78 bits per heavy atom. The van der Waals surface area contributed by atoms with Crippen molar-refractivity contribution in [3.8, 4) is 18.2 Å². The molecule has 0 aromatic carbocycles. The number of aromatic nitrogens is 1. The van der Waals surface area contributed by atoms with Gasteiger partial charge in [-0.1, -0.05) is 0 Å². The maximum absolute atomic E-state index is 8.87. The fourth-order valence-corrected chi connectivity index (χ4v) is 1.07. The Hall–Kier alpha value is -1.01. The molecule has 0 fully saturated rings. The minimum atomic E-state index is 0.0490. The lowest BCUT2D eigenvalue weighted by Gasteiger charge is -1.77. The zero-order valence-corrected chi connectivity index (χ0v) is 5.70. The Morgan fingerprint density at radius 2 is 2.44 bits per heavy atom. The van der Waals surface area contributed by atoms with Crippen LogP contribution in [0.2, 0.25) is 0 Å². The second kappa shape index (κ2) is 2.08. The lowest BCUT2D eigenvalue weighted by atomic mass is 10.6. The first-order chi connectivity index (χ1) is 4.24. The lowest BCUT2D eigenvalue weighted by Crippen LogP contribution is -1.66. The van der Waals surface area contributed by atoms with Crippen molar-refractivity contribution in [3.63, 3.8) is 0 Å². The van der Waals surface area contributed by atoms with Crippen LogP contribution in [0.4, 0.5) is 0 Å². The zero-order valence-electron chi connectivity index (χ0n) is 4.88. The molecule has 0 aliphatic heterocycles. The number of hydrogen-bond donors (Lipinski definition) is 1. The summed E-state index contributed by atoms with van der Waals surface area (Å²) in [6.07, 6.45) is 5.02. The van der Waals surface area contributed by atoms with Crippen LogP contribution >= 0.6 is 11.3 Å². The van der Waals surface area contributed by atoms with Crippen molar-refractivity contribution in [2.24, 2.45) is 0 Å². The van der Waals surface area contributed by atoms with Crippen LogP contribution in [0, 0.1) is 19.3 Å². The van der Waals surface area contributed by atoms with Gasteiger partial charge in [0, 0.05) is 0 Å². The van der Waals surface area contributed by atoms with Crippen molar-refractivity contribution < 1.29 is 5.11 Å². The summed E-state index contributed by atoms with van der Waals surface area (Å²) in [5.41, 5.74) is 0. The summed E-state index contributed by atoms with van der Waals surface area (Å²) in [6.45, 7) is 1.77. The molecule has 0 saturated carbocycles. The first-order valence-corrected chi connectivity index (χ1v) is 3.18. The monoisotopic (exact) mass is 139 g/mol. The molecule has 1 heterocycles. The van der Waals surface area contributed by atoms with Crippen molar-refractivity contribution in [2.45, 2.75) is 6.92 Å². The molecule has 1 rings (SSSR count). The third kappa shape index (κ3) is 1.03. The second-order valence-corrected chi connectivity index (χ2v) is 2.75. The van der Waals surface area contributed by atoms with Crippen LogP contribution in [0.25, 0.3) is 0 Å². The minimum Gasteiger partial charge on any atom is -0.492 e. The summed E-state index contributed by atoms with van der Waals surface area (Å²) < 4.78 is 0. The first-order valence-electron chi connectivity index (χ1n) is 2.37. The van der Waals surface area contributed by atoms with Crippen LogP contribution in [-0.2, 0) is 0 Å². The predicted molar refractivity (Wildman–Crippen MR) is 36.5 cm³/mol. The average Bonchev–Trinajstić information content (AvgIpc) is 2.13. The summed E-state index contributed by atoms with van der Waals surface area (Å²) in [6, 6.07) is 0. The molecule has 0 aliphatic rings. The number of rotatable bonds is 0. The first kappa shape index (κ1) is 6.12. The molecule has 1 N–H and O–H groups in total. The Morgan fingerprint density at radius 3 is 2.67 bits per heavy atom. The van der Waals surface area contributed by atoms with Crippen molar-refractivity contribution in [1.82, 2.24) is 4.98 Å². The van der Waals surface area contributed by atoms with Gasteiger partial charge in [-0.2, -0.15) is 4.98 Å². The molecular weight excluding hydrogens is 134 g/mol. The van der Waals surface area contributed by atoms with Gasteiger partial charge < -0.3 is 5.11 Å². The van der Waals surface area contributed by atoms with Gasteiger partial charge in [-0.05, 0) is 12.8 Å². The maximum atomic E-state index is 8.87. The van der Waals surface area contributed by atoms with Crippen molar-refractivity contribution in [1.29, 1.82) is 0 Å². The molecule has 3 heteroatoms. The van der Waals surface area contributed by atoms with E-state index in [1.165, 1.54) is 11.3 Å². The largest absolute Gasteiger partial charge is 0.492 e. The highest BCUT2D eigenvalue weighted by Crippen LogP contribution is 2.21. The third-order valence-electron chi connectivity index (χ3n) is 0.896. The normalized spacial score (nSPS) is 8.89. The van der Waals surface area contributed by atoms with E-state index in [1.54, 1.807) is 6.92 Å². The Kier molecular flexibility index (Phi) is 1.41. The van der Waals surface area contributed by atoms with Crippen molar-refractivity contribution >= 4 is 11.3 Å². The van der Waals surface area contributed by atoms with Crippen LogP contribution in [-0.4, -0.2) is 10.1 Å². The second-order valence-electron chi connectivity index (χ2n) is 1.54. The van der Waals surface area contributed by atoms with Gasteiger partial charge in [0.15, 0.2) is 5.01 Å². The summed E-state index contributed by atoms with van der Waals surface area (Å²) in [4.78, 5) is 4.43. The summed E-state index contributed by atoms with van der Waals surface area (Å²) >= 11 is 1.32. The molecule has 1 aromatic rings. The molecule has 0 amide bonds. The average molecular weight is 139 g/mol. The molecule has 9 heavy (non-hydrogen) atoms. The molecule has 0 radical (unpaired) electrons. The number of nitrogens with zero attached hydrogens (tertiary/aromatic N) is 1. The number of thiazole rings is 1. The van der Waals surface area contributed by atoms with E-state index in [4.69, 9.17) is 11.5 Å². The Balaban J connectivity index is 3.16. The van der Waals surface area contributed by atoms with Gasteiger partial charge in [0.25, 0.3) is 0 Å². The van der Waals surface area contributed by atoms with Crippen LogP contribution < -0.4 is 0 Å². The molecular formula is C6H5NOS. The Labute approximate surface area is 57.2 Å². The molecule has 0 spiro atoms. The molecule has 2 nitrogen and oxygen atoms in total. The zero-order chi connectivity index (χ0) is 6.85. The van der Waals surface area contributed by atoms with E-state index in [0.29, 0.717) is 5.01 Å². The summed E-state index contributed by atoms with van der Waals surface area (Å²) in [7, 11) is 0. The fraction of sp³-hybridized carbons (Fsp3) is 0.167. The highest BCUT2D eigenvalue weighted by Gasteiger charge is 2.01. The highest BCUT2D eigenvalue weighted by atomic mass is 32.1. The predicted octanol–water partition coefficient (Wildman–Crippen LogP) is 1.14. The lowest BCUT2D eigenvalue weighted by molar-refractivity contribution is 0.453. The third-order valence-corrected chi connectivity index (χ3v) is 1.79.